The fraction of sp³-hybridized carbons (Fsp3) is 0.839. The van der Waals surface area contributed by atoms with Crippen molar-refractivity contribution in [2.24, 2.45) is 5.92 Å². The predicted octanol–water partition coefficient (Wildman–Crippen LogP) is 3.65. The van der Waals surface area contributed by atoms with Crippen molar-refractivity contribution in [2.45, 2.75) is 154 Å². The molecule has 0 aliphatic carbocycles. The van der Waals surface area contributed by atoms with Crippen LogP contribution in [0.5, 0.6) is 0 Å². The van der Waals surface area contributed by atoms with Crippen molar-refractivity contribution in [1.82, 2.24) is 10.6 Å². The molecule has 0 saturated carbocycles. The van der Waals surface area contributed by atoms with Crippen LogP contribution in [-0.2, 0) is 23.9 Å². The first-order valence-corrected chi connectivity index (χ1v) is 15.7. The zero-order valence-corrected chi connectivity index (χ0v) is 25.7. The number of aliphatic hydroxyl groups is 3. The number of esters is 1. The summed E-state index contributed by atoms with van der Waals surface area (Å²) in [6.07, 6.45) is 12.3. The standard InChI is InChI=1S/C31H56N2O8/c1-5-7-8-9-10-11-12-13-14-15-16-17-18-20-25(36)32-26(22(3)4)30(39)41-31-27(33-24(35)19-6-2)29(38)28(37)23(21-34)40-31/h12-13,22-23,26-29,31,34,37-38H,5-11,14-21H2,1-4H3,(H,32,36)(H,33,35)/t23-,26+,27-,28-,29-,31-/m1/s1. The van der Waals surface area contributed by atoms with E-state index in [1.807, 2.05) is 6.92 Å². The lowest BCUT2D eigenvalue weighted by molar-refractivity contribution is -0.264. The minimum Gasteiger partial charge on any atom is -0.432 e. The molecule has 1 aliphatic heterocycles. The van der Waals surface area contributed by atoms with Crippen LogP contribution in [0.15, 0.2) is 12.2 Å². The van der Waals surface area contributed by atoms with Gasteiger partial charge in [0.15, 0.2) is 0 Å². The average Bonchev–Trinajstić information content (AvgIpc) is 2.93. The third-order valence-electron chi connectivity index (χ3n) is 7.32. The summed E-state index contributed by atoms with van der Waals surface area (Å²) in [6.45, 7) is 6.95. The second-order valence-corrected chi connectivity index (χ2v) is 11.4. The Morgan fingerprint density at radius 1 is 0.829 bits per heavy atom. The SMILES string of the molecule is CCCCCCCC=CCCCCCCC(=O)N[C@H](C(=O)O[C@H]1O[C@H](CO)[C@@H](O)[C@H](O)[C@H]1NC(=O)CCC)C(C)C. The molecule has 6 atom stereocenters. The molecule has 0 spiro atoms. The lowest BCUT2D eigenvalue weighted by Crippen LogP contribution is -2.65. The Kier molecular flexibility index (Phi) is 19.6. The first-order chi connectivity index (χ1) is 19.7. The van der Waals surface area contributed by atoms with Gasteiger partial charge in [-0.15, -0.1) is 0 Å². The van der Waals surface area contributed by atoms with E-state index in [2.05, 4.69) is 29.7 Å². The van der Waals surface area contributed by atoms with E-state index in [4.69, 9.17) is 9.47 Å². The zero-order chi connectivity index (χ0) is 30.6. The normalized spacial score (nSPS) is 23.5. The molecule has 10 nitrogen and oxygen atoms in total. The molecule has 2 amide bonds. The Balaban J connectivity index is 2.50. The van der Waals surface area contributed by atoms with Crippen LogP contribution in [0.25, 0.3) is 0 Å². The minimum atomic E-state index is -1.53. The van der Waals surface area contributed by atoms with E-state index in [9.17, 15) is 29.7 Å². The molecule has 1 heterocycles. The van der Waals surface area contributed by atoms with Gasteiger partial charge in [0, 0.05) is 12.8 Å². The number of ether oxygens (including phenoxy) is 2. The number of carbonyl (C=O) groups excluding carboxylic acids is 3. The quantitative estimate of drug-likeness (QED) is 0.0778. The maximum Gasteiger partial charge on any atom is 0.331 e. The van der Waals surface area contributed by atoms with Crippen LogP contribution >= 0.6 is 0 Å². The Bertz CT molecular complexity index is 775. The van der Waals surface area contributed by atoms with Crippen molar-refractivity contribution in [1.29, 1.82) is 0 Å². The van der Waals surface area contributed by atoms with Gasteiger partial charge in [-0.25, -0.2) is 4.79 Å². The van der Waals surface area contributed by atoms with E-state index in [-0.39, 0.29) is 24.7 Å². The first kappa shape index (κ1) is 37.0. The zero-order valence-electron chi connectivity index (χ0n) is 25.7. The summed E-state index contributed by atoms with van der Waals surface area (Å²) in [4.78, 5) is 37.9. The van der Waals surface area contributed by atoms with E-state index in [0.717, 1.165) is 32.1 Å². The van der Waals surface area contributed by atoms with E-state index >= 15 is 0 Å². The van der Waals surface area contributed by atoms with Crippen molar-refractivity contribution in [2.75, 3.05) is 6.61 Å². The van der Waals surface area contributed by atoms with Crippen molar-refractivity contribution in [3.05, 3.63) is 12.2 Å². The number of unbranched alkanes of at least 4 members (excludes halogenated alkanes) is 9. The fourth-order valence-corrected chi connectivity index (χ4v) is 4.76. The molecule has 1 aliphatic rings. The molecule has 1 rings (SSSR count). The van der Waals surface area contributed by atoms with Crippen LogP contribution in [0.3, 0.4) is 0 Å². The highest BCUT2D eigenvalue weighted by Gasteiger charge is 2.47. The molecule has 1 fully saturated rings. The molecule has 0 radical (unpaired) electrons. The molecule has 238 valence electrons. The lowest BCUT2D eigenvalue weighted by Gasteiger charge is -2.42. The summed E-state index contributed by atoms with van der Waals surface area (Å²) in [6, 6.07) is -2.21. The van der Waals surface area contributed by atoms with Gasteiger partial charge >= 0.3 is 5.97 Å². The highest BCUT2D eigenvalue weighted by molar-refractivity contribution is 5.84. The molecule has 10 heteroatoms. The molecule has 5 N–H and O–H groups in total. The van der Waals surface area contributed by atoms with Gasteiger partial charge in [0.2, 0.25) is 18.1 Å². The minimum absolute atomic E-state index is 0.171. The van der Waals surface area contributed by atoms with Crippen LogP contribution in [0.1, 0.15) is 118 Å². The second kappa shape index (κ2) is 21.7. The maximum atomic E-state index is 13.1. The van der Waals surface area contributed by atoms with Crippen molar-refractivity contribution >= 4 is 17.8 Å². The topological polar surface area (TPSA) is 154 Å². The van der Waals surface area contributed by atoms with Gasteiger partial charge in [0.1, 0.15) is 30.4 Å². The van der Waals surface area contributed by atoms with E-state index in [0.29, 0.717) is 12.8 Å². The third-order valence-corrected chi connectivity index (χ3v) is 7.32. The summed E-state index contributed by atoms with van der Waals surface area (Å²) < 4.78 is 11.0. The summed E-state index contributed by atoms with van der Waals surface area (Å²) in [5.41, 5.74) is 0. The molecule has 0 aromatic rings. The van der Waals surface area contributed by atoms with Crippen LogP contribution in [-0.4, -0.2) is 76.4 Å². The highest BCUT2D eigenvalue weighted by Crippen LogP contribution is 2.23. The largest absolute Gasteiger partial charge is 0.432 e. The maximum absolute atomic E-state index is 13.1. The van der Waals surface area contributed by atoms with Gasteiger partial charge in [-0.05, 0) is 44.4 Å². The second-order valence-electron chi connectivity index (χ2n) is 11.4. The fourth-order valence-electron chi connectivity index (χ4n) is 4.76. The number of hydrogen-bond acceptors (Lipinski definition) is 8. The van der Waals surface area contributed by atoms with E-state index in [1.54, 1.807) is 13.8 Å². The Hall–Kier alpha value is -2.01. The number of rotatable bonds is 21. The Morgan fingerprint density at radius 2 is 1.44 bits per heavy atom. The summed E-state index contributed by atoms with van der Waals surface area (Å²) in [7, 11) is 0. The van der Waals surface area contributed by atoms with Crippen LogP contribution in [0, 0.1) is 5.92 Å². The summed E-state index contributed by atoms with van der Waals surface area (Å²) >= 11 is 0. The van der Waals surface area contributed by atoms with E-state index in [1.165, 1.54) is 32.1 Å². The van der Waals surface area contributed by atoms with Gasteiger partial charge in [-0.2, -0.15) is 0 Å². The molecule has 1 saturated heterocycles. The van der Waals surface area contributed by atoms with Gasteiger partial charge in [-0.3, -0.25) is 9.59 Å². The van der Waals surface area contributed by atoms with Crippen molar-refractivity contribution < 1.29 is 39.2 Å². The van der Waals surface area contributed by atoms with Gasteiger partial charge in [0.25, 0.3) is 0 Å². The molecule has 41 heavy (non-hydrogen) atoms. The summed E-state index contributed by atoms with van der Waals surface area (Å²) in [5, 5.41) is 35.6. The van der Waals surface area contributed by atoms with Crippen molar-refractivity contribution in [3.63, 3.8) is 0 Å². The molecule has 0 unspecified atom stereocenters. The van der Waals surface area contributed by atoms with Crippen molar-refractivity contribution in [3.8, 4) is 0 Å². The molecule has 0 bridgehead atoms. The van der Waals surface area contributed by atoms with Gasteiger partial charge in [-0.1, -0.05) is 78.4 Å². The lowest BCUT2D eigenvalue weighted by atomic mass is 9.96. The number of aliphatic hydroxyl groups excluding tert-OH is 3. The number of allylic oxidation sites excluding steroid dienone is 2. The number of nitrogens with one attached hydrogen (secondary N) is 2. The number of hydrogen-bond donors (Lipinski definition) is 5. The molecular weight excluding hydrogens is 528 g/mol. The van der Waals surface area contributed by atoms with Crippen LogP contribution in [0.4, 0.5) is 0 Å². The van der Waals surface area contributed by atoms with Crippen LogP contribution in [0.2, 0.25) is 0 Å². The van der Waals surface area contributed by atoms with Crippen LogP contribution < -0.4 is 10.6 Å². The molecular formula is C31H56N2O8. The highest BCUT2D eigenvalue weighted by atomic mass is 16.7. The number of carbonyl (C=O) groups is 3. The molecule has 0 aromatic carbocycles. The van der Waals surface area contributed by atoms with Gasteiger partial charge in [0.05, 0.1) is 6.61 Å². The number of amides is 2. The van der Waals surface area contributed by atoms with Gasteiger partial charge < -0.3 is 35.4 Å². The smallest absolute Gasteiger partial charge is 0.331 e. The Labute approximate surface area is 246 Å². The summed E-state index contributed by atoms with van der Waals surface area (Å²) in [5.74, 6) is -1.75. The monoisotopic (exact) mass is 584 g/mol. The Morgan fingerprint density at radius 3 is 2.00 bits per heavy atom. The third kappa shape index (κ3) is 14.6. The predicted molar refractivity (Wildman–Crippen MR) is 158 cm³/mol. The van der Waals surface area contributed by atoms with E-state index < -0.39 is 55.2 Å². The first-order valence-electron chi connectivity index (χ1n) is 15.7. The molecule has 0 aromatic heterocycles. The average molecular weight is 585 g/mol.